The van der Waals surface area contributed by atoms with Gasteiger partial charge in [0.2, 0.25) is 0 Å². The molecular weight excluding hydrogens is 383 g/mol. The van der Waals surface area contributed by atoms with E-state index in [1.807, 2.05) is 46.8 Å². The van der Waals surface area contributed by atoms with Gasteiger partial charge in [0.05, 0.1) is 6.61 Å². The lowest BCUT2D eigenvalue weighted by Gasteiger charge is -2.19. The van der Waals surface area contributed by atoms with E-state index in [0.29, 0.717) is 18.6 Å². The van der Waals surface area contributed by atoms with Crippen molar-refractivity contribution in [3.63, 3.8) is 0 Å². The molecule has 0 N–H and O–H groups in total. The maximum atomic E-state index is 13.2. The molecule has 0 fully saturated rings. The molecule has 5 heteroatoms. The third-order valence-corrected chi connectivity index (χ3v) is 4.97. The van der Waals surface area contributed by atoms with Gasteiger partial charge in [-0.3, -0.25) is 9.59 Å². The highest BCUT2D eigenvalue weighted by molar-refractivity contribution is 7.00. The number of carbonyl (C=O) groups excluding carboxylic acids is 2. The molecule has 0 aliphatic heterocycles. The van der Waals surface area contributed by atoms with Gasteiger partial charge in [0.25, 0.3) is 0 Å². The molecule has 0 bridgehead atoms. The lowest BCUT2D eigenvalue weighted by atomic mass is 9.85. The lowest BCUT2D eigenvalue weighted by Crippen LogP contribution is -2.29. The third-order valence-electron chi connectivity index (χ3n) is 4.97. The number of ketones is 1. The standard InChI is InChI=1S/C24H38O3.H2OP/c1-7-8-9-10-11-12-13-27-24(26)21(14-17(2)3)23(25)22-19(5)15-18(4)16-20(22)6;1-2/h15-17,21H,7-14H2,1-6H3;2H2/q;+1. The van der Waals surface area contributed by atoms with Gasteiger partial charge in [-0.2, -0.15) is 0 Å². The smallest absolute Gasteiger partial charge is 0.316 e. The van der Waals surface area contributed by atoms with Crippen molar-refractivity contribution in [1.29, 1.82) is 0 Å². The second-order valence-electron chi connectivity index (χ2n) is 8.26. The number of hydrogen-bond donors (Lipinski definition) is 0. The van der Waals surface area contributed by atoms with Gasteiger partial charge < -0.3 is 4.74 Å². The zero-order chi connectivity index (χ0) is 22.4. The largest absolute Gasteiger partial charge is 0.465 e. The van der Waals surface area contributed by atoms with Gasteiger partial charge in [0.1, 0.15) is 5.92 Å². The quantitative estimate of drug-likeness (QED) is 0.125. The SMILES string of the molecule is CCCCCCCCOC(=O)C(CC(C)C)C(=O)c1c(C)cc(C)cc1C.O=[PH2+]. The minimum atomic E-state index is -0.704. The summed E-state index contributed by atoms with van der Waals surface area (Å²) in [6, 6.07) is 4.02. The number of carbonyl (C=O) groups is 2. The third kappa shape index (κ3) is 10.2. The summed E-state index contributed by atoms with van der Waals surface area (Å²) < 4.78 is 13.7. The molecule has 2 unspecified atom stereocenters. The molecule has 0 aliphatic rings. The van der Waals surface area contributed by atoms with Crippen LogP contribution >= 0.6 is 9.12 Å². The fraction of sp³-hybridized carbons (Fsp3) is 0.667. The highest BCUT2D eigenvalue weighted by Crippen LogP contribution is 2.25. The molecule has 1 aromatic rings. The summed E-state index contributed by atoms with van der Waals surface area (Å²) in [5.41, 5.74) is 3.69. The van der Waals surface area contributed by atoms with Crippen LogP contribution in [0.15, 0.2) is 12.1 Å². The van der Waals surface area contributed by atoms with E-state index in [4.69, 9.17) is 9.30 Å². The number of esters is 1. The van der Waals surface area contributed by atoms with Crippen molar-refractivity contribution in [2.45, 2.75) is 86.5 Å². The summed E-state index contributed by atoms with van der Waals surface area (Å²) in [6.07, 6.45) is 7.39. The zero-order valence-electron chi connectivity index (χ0n) is 19.2. The van der Waals surface area contributed by atoms with Crippen LogP contribution in [0.5, 0.6) is 0 Å². The van der Waals surface area contributed by atoms with Gasteiger partial charge in [-0.1, -0.05) is 75.1 Å². The Balaban J connectivity index is 0.00000379. The Morgan fingerprint density at radius 3 is 1.97 bits per heavy atom. The number of unbranched alkanes of at least 4 members (excludes halogenated alkanes) is 5. The summed E-state index contributed by atoms with van der Waals surface area (Å²) in [4.78, 5) is 25.9. The molecule has 4 nitrogen and oxygen atoms in total. The molecular formula is C24H40O4P+. The van der Waals surface area contributed by atoms with Crippen LogP contribution < -0.4 is 0 Å². The van der Waals surface area contributed by atoms with Crippen molar-refractivity contribution >= 4 is 20.9 Å². The number of ether oxygens (including phenoxy) is 1. The van der Waals surface area contributed by atoms with Crippen molar-refractivity contribution in [3.8, 4) is 0 Å². The summed E-state index contributed by atoms with van der Waals surface area (Å²) >= 11 is 0. The van der Waals surface area contributed by atoms with Crippen LogP contribution in [0.3, 0.4) is 0 Å². The molecule has 0 amide bonds. The van der Waals surface area contributed by atoms with Crippen molar-refractivity contribution in [2.24, 2.45) is 11.8 Å². The summed E-state index contributed by atoms with van der Waals surface area (Å²) in [5, 5.41) is 0. The molecule has 0 heterocycles. The molecule has 0 aliphatic carbocycles. The Morgan fingerprint density at radius 1 is 0.931 bits per heavy atom. The summed E-state index contributed by atoms with van der Waals surface area (Å²) in [6.45, 7) is 12.6. The average Bonchev–Trinajstić information content (AvgIpc) is 2.65. The number of aryl methyl sites for hydroxylation is 3. The molecule has 1 aromatic carbocycles. The second-order valence-corrected chi connectivity index (χ2v) is 8.26. The van der Waals surface area contributed by atoms with Crippen LogP contribution in [-0.2, 0) is 14.1 Å². The second kappa shape index (κ2) is 15.3. The Kier molecular flexibility index (Phi) is 14.5. The van der Waals surface area contributed by atoms with Crippen LogP contribution in [0.4, 0.5) is 0 Å². The van der Waals surface area contributed by atoms with Crippen LogP contribution in [0.1, 0.15) is 92.8 Å². The lowest BCUT2D eigenvalue weighted by molar-refractivity contribution is -0.147. The normalized spacial score (nSPS) is 11.6. The van der Waals surface area contributed by atoms with Gasteiger partial charge in [-0.05, 0) is 50.7 Å². The van der Waals surface area contributed by atoms with E-state index in [0.717, 1.165) is 29.5 Å². The predicted molar refractivity (Wildman–Crippen MR) is 123 cm³/mol. The van der Waals surface area contributed by atoms with Crippen molar-refractivity contribution < 1.29 is 18.9 Å². The Morgan fingerprint density at radius 2 is 1.45 bits per heavy atom. The first-order valence-corrected chi connectivity index (χ1v) is 11.3. The van der Waals surface area contributed by atoms with Crippen LogP contribution in [0.2, 0.25) is 0 Å². The van der Waals surface area contributed by atoms with E-state index in [1.165, 1.54) is 34.8 Å². The number of Topliss-reactive ketones (excluding diaryl/α,β-unsaturated/α-hetero) is 1. The molecule has 0 radical (unpaired) electrons. The molecule has 164 valence electrons. The highest BCUT2D eigenvalue weighted by Gasteiger charge is 2.31. The van der Waals surface area contributed by atoms with E-state index in [-0.39, 0.29) is 17.7 Å². The molecule has 29 heavy (non-hydrogen) atoms. The number of rotatable bonds is 12. The van der Waals surface area contributed by atoms with Gasteiger partial charge >= 0.3 is 15.1 Å². The molecule has 0 saturated heterocycles. The highest BCUT2D eigenvalue weighted by atomic mass is 31.0. The van der Waals surface area contributed by atoms with E-state index < -0.39 is 5.92 Å². The molecule has 0 spiro atoms. The van der Waals surface area contributed by atoms with E-state index in [9.17, 15) is 9.59 Å². The average molecular weight is 424 g/mol. The van der Waals surface area contributed by atoms with Crippen molar-refractivity contribution in [3.05, 3.63) is 34.4 Å². The molecule has 2 atom stereocenters. The minimum absolute atomic E-state index is 0.0911. The maximum absolute atomic E-state index is 13.2. The topological polar surface area (TPSA) is 60.4 Å². The van der Waals surface area contributed by atoms with Crippen LogP contribution in [0, 0.1) is 32.6 Å². The van der Waals surface area contributed by atoms with Gasteiger partial charge in [0, 0.05) is 5.56 Å². The maximum Gasteiger partial charge on any atom is 0.316 e. The predicted octanol–water partition coefficient (Wildman–Crippen LogP) is 6.57. The number of benzene rings is 1. The zero-order valence-corrected chi connectivity index (χ0v) is 20.3. The Labute approximate surface area is 179 Å². The van der Waals surface area contributed by atoms with E-state index >= 15 is 0 Å². The van der Waals surface area contributed by atoms with Gasteiger partial charge in [-0.15, -0.1) is 0 Å². The first kappa shape index (κ1) is 27.5. The van der Waals surface area contributed by atoms with Gasteiger partial charge in [0.15, 0.2) is 5.78 Å². The van der Waals surface area contributed by atoms with E-state index in [2.05, 4.69) is 6.92 Å². The monoisotopic (exact) mass is 423 g/mol. The molecule has 0 saturated carbocycles. The number of hydrogen-bond acceptors (Lipinski definition) is 4. The Bertz CT molecular complexity index is 617. The first-order chi connectivity index (χ1) is 13.8. The molecule has 0 aromatic heterocycles. The Hall–Kier alpha value is -1.54. The minimum Gasteiger partial charge on any atom is -0.465 e. The van der Waals surface area contributed by atoms with Crippen molar-refractivity contribution in [1.82, 2.24) is 0 Å². The fourth-order valence-electron chi connectivity index (χ4n) is 3.68. The van der Waals surface area contributed by atoms with Crippen LogP contribution in [-0.4, -0.2) is 18.4 Å². The summed E-state index contributed by atoms with van der Waals surface area (Å²) in [7, 11) is 1.17. The molecule has 1 rings (SSSR count). The summed E-state index contributed by atoms with van der Waals surface area (Å²) in [5.74, 6) is -0.898. The van der Waals surface area contributed by atoms with Gasteiger partial charge in [-0.25, -0.2) is 0 Å². The fourth-order valence-corrected chi connectivity index (χ4v) is 3.68. The van der Waals surface area contributed by atoms with Crippen molar-refractivity contribution in [2.75, 3.05) is 6.61 Å². The van der Waals surface area contributed by atoms with E-state index in [1.54, 1.807) is 0 Å². The first-order valence-electron chi connectivity index (χ1n) is 10.8. The van der Waals surface area contributed by atoms with Crippen LogP contribution in [0.25, 0.3) is 0 Å².